The maximum Gasteiger partial charge on any atom is 0.471 e. The Kier molecular flexibility index (Phi) is 4.47. The second-order valence-electron chi connectivity index (χ2n) is 6.35. The average molecular weight is 337 g/mol. The van der Waals surface area contributed by atoms with Crippen molar-refractivity contribution in [2.75, 3.05) is 6.54 Å². The summed E-state index contributed by atoms with van der Waals surface area (Å²) in [6.45, 7) is -0.141. The lowest BCUT2D eigenvalue weighted by atomic mass is 9.72. The molecule has 0 spiro atoms. The number of ketones is 1. The van der Waals surface area contributed by atoms with Crippen LogP contribution in [0.15, 0.2) is 36.4 Å². The maximum absolute atomic E-state index is 12.9. The number of rotatable bonds is 2. The van der Waals surface area contributed by atoms with Gasteiger partial charge in [0.15, 0.2) is 0 Å². The molecule has 1 amide bonds. The number of Topliss-reactive ketones (excluding diaryl/α,β-unsaturated/α-hetero) is 1. The van der Waals surface area contributed by atoms with E-state index in [0.29, 0.717) is 12.8 Å². The molecule has 1 heterocycles. The molecule has 0 radical (unpaired) electrons. The first-order valence-corrected chi connectivity index (χ1v) is 8.02. The molecule has 128 valence electrons. The summed E-state index contributed by atoms with van der Waals surface area (Å²) < 4.78 is 38.8. The van der Waals surface area contributed by atoms with Crippen molar-refractivity contribution in [1.82, 2.24) is 4.90 Å². The van der Waals surface area contributed by atoms with Crippen LogP contribution in [0, 0.1) is 11.8 Å². The smallest absolute Gasteiger partial charge is 0.327 e. The van der Waals surface area contributed by atoms with Gasteiger partial charge in [0.2, 0.25) is 0 Å². The SMILES string of the molecule is O=C1[C@H]2CCC[C@@H]1[C@@H](/C=C/c1ccccc1)N(C(=O)C(F)(F)F)C2. The number of benzene rings is 1. The van der Waals surface area contributed by atoms with Crippen LogP contribution in [0.3, 0.4) is 0 Å². The van der Waals surface area contributed by atoms with Gasteiger partial charge in [0.25, 0.3) is 0 Å². The number of alkyl halides is 3. The number of nitrogens with zero attached hydrogens (tertiary/aromatic N) is 1. The number of carbonyl (C=O) groups is 2. The standard InChI is InChI=1S/C18H18F3NO2/c19-18(20,21)17(24)22-11-13-7-4-8-14(16(13)23)15(22)10-9-12-5-2-1-3-6-12/h1-3,5-6,9-10,13-15H,4,7-8,11H2/b10-9+/t13-,14+,15+/m0/s1. The van der Waals surface area contributed by atoms with Crippen molar-refractivity contribution in [3.05, 3.63) is 42.0 Å². The van der Waals surface area contributed by atoms with E-state index in [-0.39, 0.29) is 12.3 Å². The minimum atomic E-state index is -4.92. The monoisotopic (exact) mass is 337 g/mol. The molecule has 2 aliphatic rings. The van der Waals surface area contributed by atoms with Gasteiger partial charge >= 0.3 is 12.1 Å². The van der Waals surface area contributed by atoms with Gasteiger partial charge in [-0.25, -0.2) is 0 Å². The van der Waals surface area contributed by atoms with E-state index < -0.39 is 30.0 Å². The summed E-state index contributed by atoms with van der Waals surface area (Å²) in [5.41, 5.74) is 0.822. The van der Waals surface area contributed by atoms with Gasteiger partial charge in [-0.2, -0.15) is 13.2 Å². The zero-order valence-corrected chi connectivity index (χ0v) is 13.0. The van der Waals surface area contributed by atoms with Crippen molar-refractivity contribution < 1.29 is 22.8 Å². The van der Waals surface area contributed by atoms with Gasteiger partial charge in [-0.15, -0.1) is 0 Å². The lowest BCUT2D eigenvalue weighted by molar-refractivity contribution is -0.191. The summed E-state index contributed by atoms with van der Waals surface area (Å²) in [6.07, 6.45) is 0.234. The van der Waals surface area contributed by atoms with Gasteiger partial charge in [-0.05, 0) is 18.4 Å². The van der Waals surface area contributed by atoms with Crippen LogP contribution in [0.1, 0.15) is 24.8 Å². The third-order valence-electron chi connectivity index (χ3n) is 4.81. The topological polar surface area (TPSA) is 37.4 Å². The van der Waals surface area contributed by atoms with E-state index in [0.717, 1.165) is 16.9 Å². The van der Waals surface area contributed by atoms with Gasteiger partial charge in [-0.3, -0.25) is 9.59 Å². The number of fused-ring (bicyclic) bond motifs is 2. The van der Waals surface area contributed by atoms with Crippen molar-refractivity contribution in [2.45, 2.75) is 31.5 Å². The molecule has 3 rings (SSSR count). The van der Waals surface area contributed by atoms with Gasteiger partial charge in [-0.1, -0.05) is 48.9 Å². The van der Waals surface area contributed by atoms with Gasteiger partial charge in [0.05, 0.1) is 6.04 Å². The molecule has 2 fully saturated rings. The van der Waals surface area contributed by atoms with Crippen molar-refractivity contribution >= 4 is 17.8 Å². The molecule has 1 aliphatic carbocycles. The Hall–Kier alpha value is -2.11. The quantitative estimate of drug-likeness (QED) is 0.829. The molecule has 2 bridgehead atoms. The maximum atomic E-state index is 12.9. The number of hydrogen-bond acceptors (Lipinski definition) is 2. The second-order valence-corrected chi connectivity index (χ2v) is 6.35. The van der Waals surface area contributed by atoms with Crippen molar-refractivity contribution in [1.29, 1.82) is 0 Å². The number of halogens is 3. The molecule has 24 heavy (non-hydrogen) atoms. The molecule has 0 unspecified atom stereocenters. The molecule has 6 heteroatoms. The second kappa shape index (κ2) is 6.42. The predicted octanol–water partition coefficient (Wildman–Crippen LogP) is 3.46. The van der Waals surface area contributed by atoms with E-state index in [9.17, 15) is 22.8 Å². The van der Waals surface area contributed by atoms with E-state index >= 15 is 0 Å². The summed E-state index contributed by atoms with van der Waals surface area (Å²) >= 11 is 0. The van der Waals surface area contributed by atoms with Crippen molar-refractivity contribution in [3.63, 3.8) is 0 Å². The Labute approximate surface area is 138 Å². The Balaban J connectivity index is 1.91. The summed E-state index contributed by atoms with van der Waals surface area (Å²) in [7, 11) is 0. The lowest BCUT2D eigenvalue weighted by Crippen LogP contribution is -2.59. The fourth-order valence-electron chi connectivity index (χ4n) is 3.66. The van der Waals surface area contributed by atoms with Crippen molar-refractivity contribution in [2.24, 2.45) is 11.8 Å². The number of carbonyl (C=O) groups excluding carboxylic acids is 2. The van der Waals surface area contributed by atoms with Crippen LogP contribution in [-0.2, 0) is 9.59 Å². The highest BCUT2D eigenvalue weighted by molar-refractivity contribution is 5.90. The normalized spacial score (nSPS) is 27.5. The fourth-order valence-corrected chi connectivity index (χ4v) is 3.66. The molecule has 1 aromatic carbocycles. The first kappa shape index (κ1) is 16.7. The van der Waals surface area contributed by atoms with E-state index in [1.165, 1.54) is 0 Å². The summed E-state index contributed by atoms with van der Waals surface area (Å²) in [5.74, 6) is -2.86. The Morgan fingerprint density at radius 1 is 1.17 bits per heavy atom. The molecule has 3 nitrogen and oxygen atoms in total. The van der Waals surface area contributed by atoms with Crippen LogP contribution >= 0.6 is 0 Å². The van der Waals surface area contributed by atoms with Gasteiger partial charge < -0.3 is 4.90 Å². The molecule has 1 aromatic rings. The van der Waals surface area contributed by atoms with Crippen LogP contribution in [0.25, 0.3) is 6.08 Å². The Bertz CT molecular complexity index is 654. The summed E-state index contributed by atoms with van der Waals surface area (Å²) in [5, 5.41) is 0. The first-order chi connectivity index (χ1) is 11.4. The Morgan fingerprint density at radius 3 is 2.54 bits per heavy atom. The number of piperidine rings is 1. The van der Waals surface area contributed by atoms with Crippen LogP contribution in [0.4, 0.5) is 13.2 Å². The molecule has 3 atom stereocenters. The van der Waals surface area contributed by atoms with E-state index in [1.807, 2.05) is 30.3 Å². The molecular formula is C18H18F3NO2. The minimum absolute atomic E-state index is 0.00446. The number of likely N-dealkylation sites (tertiary alicyclic amines) is 1. The van der Waals surface area contributed by atoms with Crippen LogP contribution in [-0.4, -0.2) is 35.4 Å². The lowest BCUT2D eigenvalue weighted by Gasteiger charge is -2.45. The highest BCUT2D eigenvalue weighted by atomic mass is 19.4. The van der Waals surface area contributed by atoms with Crippen LogP contribution in [0.5, 0.6) is 0 Å². The zero-order valence-electron chi connectivity index (χ0n) is 13.0. The third kappa shape index (κ3) is 3.23. The molecule has 0 N–H and O–H groups in total. The molecule has 1 saturated heterocycles. The van der Waals surface area contributed by atoms with Crippen LogP contribution < -0.4 is 0 Å². The van der Waals surface area contributed by atoms with Crippen LogP contribution in [0.2, 0.25) is 0 Å². The zero-order chi connectivity index (χ0) is 17.3. The largest absolute Gasteiger partial charge is 0.471 e. The highest BCUT2D eigenvalue weighted by Gasteiger charge is 2.51. The summed E-state index contributed by atoms with van der Waals surface area (Å²) in [6, 6.07) is 8.29. The molecule has 1 aliphatic heterocycles. The average Bonchev–Trinajstić information content (AvgIpc) is 2.53. The fraction of sp³-hybridized carbons (Fsp3) is 0.444. The van der Waals surface area contributed by atoms with E-state index in [1.54, 1.807) is 12.2 Å². The molecule has 0 aromatic heterocycles. The predicted molar refractivity (Wildman–Crippen MR) is 82.9 cm³/mol. The Morgan fingerprint density at radius 2 is 1.88 bits per heavy atom. The third-order valence-corrected chi connectivity index (χ3v) is 4.81. The van der Waals surface area contributed by atoms with Gasteiger partial charge in [0, 0.05) is 18.4 Å². The highest BCUT2D eigenvalue weighted by Crippen LogP contribution is 2.38. The number of hydrogen-bond donors (Lipinski definition) is 0. The molecule has 1 saturated carbocycles. The van der Waals surface area contributed by atoms with E-state index in [2.05, 4.69) is 0 Å². The van der Waals surface area contributed by atoms with Crippen molar-refractivity contribution in [3.8, 4) is 0 Å². The number of amides is 1. The molecular weight excluding hydrogens is 319 g/mol. The minimum Gasteiger partial charge on any atom is -0.327 e. The summed E-state index contributed by atoms with van der Waals surface area (Å²) in [4.78, 5) is 25.1. The van der Waals surface area contributed by atoms with E-state index in [4.69, 9.17) is 0 Å². The van der Waals surface area contributed by atoms with Gasteiger partial charge in [0.1, 0.15) is 5.78 Å². The first-order valence-electron chi connectivity index (χ1n) is 8.02.